The summed E-state index contributed by atoms with van der Waals surface area (Å²) in [5.74, 6) is -0.255. The van der Waals surface area contributed by atoms with E-state index < -0.39 is 9.84 Å². The average Bonchev–Trinajstić information content (AvgIpc) is 2.27. The molecular formula is C13H12ClNO3S. The van der Waals surface area contributed by atoms with Gasteiger partial charge in [0.05, 0.1) is 16.5 Å². The van der Waals surface area contributed by atoms with E-state index in [2.05, 4.69) is 0 Å². The molecule has 3 N–H and O–H groups in total. The highest BCUT2D eigenvalue weighted by atomic mass is 35.5. The molecule has 0 bridgehead atoms. The number of benzene rings is 2. The van der Waals surface area contributed by atoms with Crippen LogP contribution in [0.2, 0.25) is 5.02 Å². The van der Waals surface area contributed by atoms with E-state index in [0.29, 0.717) is 5.56 Å². The molecule has 0 saturated heterocycles. The second-order valence-corrected chi connectivity index (χ2v) is 6.42. The molecule has 2 rings (SSSR count). The number of nitrogen functional groups attached to an aromatic ring is 1. The molecule has 0 amide bonds. The van der Waals surface area contributed by atoms with Gasteiger partial charge < -0.3 is 10.8 Å². The first-order chi connectivity index (χ1) is 8.90. The van der Waals surface area contributed by atoms with Crippen molar-refractivity contribution in [1.29, 1.82) is 0 Å². The molecule has 0 unspecified atom stereocenters. The summed E-state index contributed by atoms with van der Waals surface area (Å²) < 4.78 is 24.6. The third-order valence-corrected chi connectivity index (χ3v) is 4.79. The topological polar surface area (TPSA) is 80.4 Å². The summed E-state index contributed by atoms with van der Waals surface area (Å²) in [5, 5.41) is 9.44. The number of rotatable bonds is 3. The van der Waals surface area contributed by atoms with E-state index in [4.69, 9.17) is 17.3 Å². The number of phenolic OH excluding ortho intramolecular Hbond substituents is 1. The van der Waals surface area contributed by atoms with Crippen LogP contribution < -0.4 is 5.73 Å². The minimum absolute atomic E-state index is 0.0137. The van der Waals surface area contributed by atoms with Gasteiger partial charge in [0.15, 0.2) is 9.84 Å². The molecular weight excluding hydrogens is 286 g/mol. The molecule has 0 radical (unpaired) electrons. The van der Waals surface area contributed by atoms with Gasteiger partial charge in [-0.3, -0.25) is 0 Å². The monoisotopic (exact) mass is 297 g/mol. The lowest BCUT2D eigenvalue weighted by Crippen LogP contribution is -2.08. The van der Waals surface area contributed by atoms with E-state index in [1.54, 1.807) is 18.2 Å². The predicted octanol–water partition coefficient (Wildman–Crippen LogP) is 2.60. The van der Waals surface area contributed by atoms with Crippen molar-refractivity contribution in [2.75, 3.05) is 5.73 Å². The van der Waals surface area contributed by atoms with Gasteiger partial charge in [0.2, 0.25) is 0 Å². The van der Waals surface area contributed by atoms with E-state index in [9.17, 15) is 13.5 Å². The SMILES string of the molecule is Nc1cccc(Cl)c1S(=O)(=O)Cc1cccc(O)c1. The van der Waals surface area contributed by atoms with Crippen LogP contribution in [0.5, 0.6) is 5.75 Å². The number of aromatic hydroxyl groups is 1. The minimum Gasteiger partial charge on any atom is -0.508 e. The molecule has 4 nitrogen and oxygen atoms in total. The number of hydrogen-bond acceptors (Lipinski definition) is 4. The van der Waals surface area contributed by atoms with Crippen LogP contribution in [0.3, 0.4) is 0 Å². The van der Waals surface area contributed by atoms with Crippen molar-refractivity contribution < 1.29 is 13.5 Å². The third-order valence-electron chi connectivity index (χ3n) is 2.58. The summed E-state index contributed by atoms with van der Waals surface area (Å²) in [5.41, 5.74) is 6.27. The highest BCUT2D eigenvalue weighted by Gasteiger charge is 2.21. The van der Waals surface area contributed by atoms with Gasteiger partial charge in [-0.2, -0.15) is 0 Å². The molecule has 0 atom stereocenters. The molecule has 0 heterocycles. The molecule has 19 heavy (non-hydrogen) atoms. The number of phenols is 1. The van der Waals surface area contributed by atoms with E-state index >= 15 is 0 Å². The van der Waals surface area contributed by atoms with Crippen LogP contribution in [-0.2, 0) is 15.6 Å². The Hall–Kier alpha value is -1.72. The molecule has 0 aromatic heterocycles. The Morgan fingerprint density at radius 3 is 2.47 bits per heavy atom. The highest BCUT2D eigenvalue weighted by molar-refractivity contribution is 7.91. The zero-order valence-corrected chi connectivity index (χ0v) is 11.4. The fourth-order valence-corrected chi connectivity index (χ4v) is 3.88. The van der Waals surface area contributed by atoms with Gasteiger partial charge in [0.1, 0.15) is 10.6 Å². The van der Waals surface area contributed by atoms with E-state index in [-0.39, 0.29) is 27.1 Å². The summed E-state index contributed by atoms with van der Waals surface area (Å²) in [4.78, 5) is -0.0694. The Bertz CT molecular complexity index is 693. The molecule has 0 saturated carbocycles. The van der Waals surface area contributed by atoms with Gasteiger partial charge in [-0.05, 0) is 29.8 Å². The Morgan fingerprint density at radius 1 is 1.16 bits per heavy atom. The van der Waals surface area contributed by atoms with Crippen LogP contribution in [0.4, 0.5) is 5.69 Å². The van der Waals surface area contributed by atoms with E-state index in [0.717, 1.165) is 0 Å². The fraction of sp³-hybridized carbons (Fsp3) is 0.0769. The molecule has 2 aromatic carbocycles. The molecule has 0 aliphatic heterocycles. The van der Waals surface area contributed by atoms with Gasteiger partial charge in [0, 0.05) is 0 Å². The zero-order valence-electron chi connectivity index (χ0n) is 9.88. The molecule has 0 fully saturated rings. The molecule has 100 valence electrons. The average molecular weight is 298 g/mol. The maximum atomic E-state index is 12.3. The van der Waals surface area contributed by atoms with Crippen molar-refractivity contribution in [1.82, 2.24) is 0 Å². The number of sulfone groups is 1. The summed E-state index contributed by atoms with van der Waals surface area (Å²) in [6.45, 7) is 0. The van der Waals surface area contributed by atoms with E-state index in [1.165, 1.54) is 24.3 Å². The van der Waals surface area contributed by atoms with Crippen molar-refractivity contribution in [3.63, 3.8) is 0 Å². The van der Waals surface area contributed by atoms with E-state index in [1.807, 2.05) is 0 Å². The smallest absolute Gasteiger partial charge is 0.186 e. The normalized spacial score (nSPS) is 11.4. The quantitative estimate of drug-likeness (QED) is 0.853. The van der Waals surface area contributed by atoms with Crippen LogP contribution in [0.15, 0.2) is 47.4 Å². The molecule has 0 aliphatic rings. The Balaban J connectivity index is 2.44. The van der Waals surface area contributed by atoms with Crippen LogP contribution in [0.25, 0.3) is 0 Å². The Morgan fingerprint density at radius 2 is 1.84 bits per heavy atom. The summed E-state index contributed by atoms with van der Waals surface area (Å²) in [6, 6.07) is 10.6. The number of hydrogen-bond donors (Lipinski definition) is 2. The number of anilines is 1. The summed E-state index contributed by atoms with van der Waals surface area (Å²) >= 11 is 5.90. The molecule has 6 heteroatoms. The first-order valence-electron chi connectivity index (χ1n) is 5.45. The van der Waals surface area contributed by atoms with Gasteiger partial charge >= 0.3 is 0 Å². The fourth-order valence-electron chi connectivity index (χ4n) is 1.79. The Kier molecular flexibility index (Phi) is 3.68. The standard InChI is InChI=1S/C13H12ClNO3S/c14-11-5-2-6-12(15)13(11)19(17,18)8-9-3-1-4-10(16)7-9/h1-7,16H,8,15H2. The Labute approximate surface area is 116 Å². The lowest BCUT2D eigenvalue weighted by atomic mass is 10.2. The number of halogens is 1. The van der Waals surface area contributed by atoms with Crippen molar-refractivity contribution in [2.24, 2.45) is 0 Å². The zero-order chi connectivity index (χ0) is 14.0. The maximum Gasteiger partial charge on any atom is 0.186 e. The van der Waals surface area contributed by atoms with Crippen LogP contribution in [-0.4, -0.2) is 13.5 Å². The summed E-state index contributed by atoms with van der Waals surface area (Å²) in [6.07, 6.45) is 0. The van der Waals surface area contributed by atoms with Crippen LogP contribution >= 0.6 is 11.6 Å². The van der Waals surface area contributed by atoms with Crippen molar-refractivity contribution in [3.8, 4) is 5.75 Å². The minimum atomic E-state index is -3.66. The van der Waals surface area contributed by atoms with Crippen molar-refractivity contribution in [2.45, 2.75) is 10.6 Å². The van der Waals surface area contributed by atoms with Crippen LogP contribution in [0.1, 0.15) is 5.56 Å². The second-order valence-electron chi connectivity index (χ2n) is 4.09. The number of nitrogens with two attached hydrogens (primary N) is 1. The maximum absolute atomic E-state index is 12.3. The molecule has 0 spiro atoms. The molecule has 2 aromatic rings. The van der Waals surface area contributed by atoms with Gasteiger partial charge in [-0.1, -0.05) is 29.8 Å². The largest absolute Gasteiger partial charge is 0.508 e. The second kappa shape index (κ2) is 5.11. The van der Waals surface area contributed by atoms with Crippen molar-refractivity contribution in [3.05, 3.63) is 53.1 Å². The highest BCUT2D eigenvalue weighted by Crippen LogP contribution is 2.30. The predicted molar refractivity (Wildman–Crippen MR) is 74.9 cm³/mol. The lowest BCUT2D eigenvalue weighted by Gasteiger charge is -2.09. The third kappa shape index (κ3) is 3.00. The molecule has 0 aliphatic carbocycles. The summed E-state index contributed by atoms with van der Waals surface area (Å²) in [7, 11) is -3.66. The first kappa shape index (κ1) is 13.7. The first-order valence-corrected chi connectivity index (χ1v) is 7.48. The van der Waals surface area contributed by atoms with Crippen LogP contribution in [0, 0.1) is 0 Å². The van der Waals surface area contributed by atoms with Crippen molar-refractivity contribution >= 4 is 27.1 Å². The van der Waals surface area contributed by atoms with Gasteiger partial charge in [-0.15, -0.1) is 0 Å². The van der Waals surface area contributed by atoms with Gasteiger partial charge in [-0.25, -0.2) is 8.42 Å². The van der Waals surface area contributed by atoms with Gasteiger partial charge in [0.25, 0.3) is 0 Å². The lowest BCUT2D eigenvalue weighted by molar-refractivity contribution is 0.475.